The first kappa shape index (κ1) is 12.8. The largest absolute Gasteiger partial charge is 0.339 e. The molecule has 110 valence electrons. The number of rotatable bonds is 5. The van der Waals surface area contributed by atoms with Crippen LogP contribution in [0.3, 0.4) is 0 Å². The number of hydrogen-bond acceptors (Lipinski definition) is 4. The third kappa shape index (κ3) is 2.64. The van der Waals surface area contributed by atoms with Crippen LogP contribution < -0.4 is 5.56 Å². The van der Waals surface area contributed by atoms with Crippen LogP contribution in [0.5, 0.6) is 0 Å². The van der Waals surface area contributed by atoms with Crippen LogP contribution in [0.4, 0.5) is 0 Å². The Kier molecular flexibility index (Phi) is 2.94. The predicted octanol–water partition coefficient (Wildman–Crippen LogP) is 2.41. The highest BCUT2D eigenvalue weighted by atomic mass is 16.5. The number of nitrogens with zero attached hydrogens (tertiary/aromatic N) is 3. The van der Waals surface area contributed by atoms with Crippen LogP contribution in [-0.4, -0.2) is 14.7 Å². The van der Waals surface area contributed by atoms with Gasteiger partial charge in [0.05, 0.1) is 0 Å². The molecule has 0 unspecified atom stereocenters. The number of aryl methyl sites for hydroxylation is 1. The third-order valence-electron chi connectivity index (χ3n) is 4.70. The fraction of sp³-hybridized carbons (Fsp3) is 0.562. The molecule has 5 heteroatoms. The molecule has 0 aromatic carbocycles. The molecule has 0 N–H and O–H groups in total. The summed E-state index contributed by atoms with van der Waals surface area (Å²) >= 11 is 0. The highest BCUT2D eigenvalue weighted by Gasteiger charge is 2.42. The van der Waals surface area contributed by atoms with Crippen LogP contribution >= 0.6 is 0 Å². The monoisotopic (exact) mass is 285 g/mol. The second-order valence-corrected chi connectivity index (χ2v) is 6.42. The van der Waals surface area contributed by atoms with Gasteiger partial charge < -0.3 is 9.09 Å². The van der Waals surface area contributed by atoms with Gasteiger partial charge in [0, 0.05) is 31.3 Å². The Morgan fingerprint density at radius 3 is 2.67 bits per heavy atom. The molecule has 2 aromatic rings. The molecule has 5 nitrogen and oxygen atoms in total. The van der Waals surface area contributed by atoms with Crippen molar-refractivity contribution >= 4 is 0 Å². The zero-order valence-electron chi connectivity index (χ0n) is 12.2. The molecule has 21 heavy (non-hydrogen) atoms. The van der Waals surface area contributed by atoms with Gasteiger partial charge in [0.2, 0.25) is 11.7 Å². The van der Waals surface area contributed by atoms with Crippen molar-refractivity contribution in [3.05, 3.63) is 34.6 Å². The van der Waals surface area contributed by atoms with Crippen LogP contribution in [0.1, 0.15) is 31.6 Å². The summed E-state index contributed by atoms with van der Waals surface area (Å²) in [6, 6.07) is 3.39. The summed E-state index contributed by atoms with van der Waals surface area (Å²) in [5.41, 5.74) is 0.662. The second kappa shape index (κ2) is 4.83. The maximum atomic E-state index is 11.7. The third-order valence-corrected chi connectivity index (χ3v) is 4.70. The van der Waals surface area contributed by atoms with E-state index in [1.165, 1.54) is 30.3 Å². The molecule has 4 rings (SSSR count). The number of pyridine rings is 1. The minimum absolute atomic E-state index is 0.0623. The predicted molar refractivity (Wildman–Crippen MR) is 77.6 cm³/mol. The molecule has 2 aromatic heterocycles. The van der Waals surface area contributed by atoms with Gasteiger partial charge in [0.15, 0.2) is 0 Å². The molecule has 0 saturated heterocycles. The van der Waals surface area contributed by atoms with Crippen LogP contribution in [0.2, 0.25) is 0 Å². The molecule has 2 fully saturated rings. The smallest absolute Gasteiger partial charge is 0.250 e. The fourth-order valence-electron chi connectivity index (χ4n) is 3.11. The second-order valence-electron chi connectivity index (χ2n) is 6.42. The minimum atomic E-state index is -0.0623. The van der Waals surface area contributed by atoms with Gasteiger partial charge in [-0.25, -0.2) is 0 Å². The maximum Gasteiger partial charge on any atom is 0.250 e. The standard InChI is InChI=1S/C16H19N3O2/c1-19-7-6-12(8-15(19)20)16-17-14(21-18-16)9-13(10-2-3-10)11-4-5-11/h6-8,10-11,13H,2-5,9H2,1H3. The van der Waals surface area contributed by atoms with Crippen molar-refractivity contribution in [3.63, 3.8) is 0 Å². The summed E-state index contributed by atoms with van der Waals surface area (Å²) in [7, 11) is 1.73. The summed E-state index contributed by atoms with van der Waals surface area (Å²) in [6.07, 6.45) is 8.06. The van der Waals surface area contributed by atoms with E-state index in [2.05, 4.69) is 10.1 Å². The Morgan fingerprint density at radius 2 is 2.05 bits per heavy atom. The van der Waals surface area contributed by atoms with Gasteiger partial charge in [-0.05, 0) is 49.5 Å². The van der Waals surface area contributed by atoms with Gasteiger partial charge in [0.1, 0.15) is 0 Å². The first-order chi connectivity index (χ1) is 10.2. The van der Waals surface area contributed by atoms with Gasteiger partial charge in [-0.15, -0.1) is 0 Å². The average molecular weight is 285 g/mol. The minimum Gasteiger partial charge on any atom is -0.339 e. The summed E-state index contributed by atoms with van der Waals surface area (Å²) in [5.74, 6) is 3.71. The van der Waals surface area contributed by atoms with E-state index in [0.29, 0.717) is 5.82 Å². The average Bonchev–Trinajstić information content (AvgIpc) is 3.39. The van der Waals surface area contributed by atoms with E-state index in [0.717, 1.165) is 35.6 Å². The van der Waals surface area contributed by atoms with Gasteiger partial charge in [-0.3, -0.25) is 4.79 Å². The van der Waals surface area contributed by atoms with E-state index in [4.69, 9.17) is 4.52 Å². The van der Waals surface area contributed by atoms with Crippen LogP contribution in [0.25, 0.3) is 11.4 Å². The maximum absolute atomic E-state index is 11.7. The number of hydrogen-bond donors (Lipinski definition) is 0. The molecule has 0 radical (unpaired) electrons. The molecule has 2 aliphatic rings. The van der Waals surface area contributed by atoms with E-state index in [9.17, 15) is 4.79 Å². The van der Waals surface area contributed by atoms with Gasteiger partial charge in [-0.1, -0.05) is 5.16 Å². The molecule has 2 heterocycles. The van der Waals surface area contributed by atoms with Gasteiger partial charge in [0.25, 0.3) is 5.56 Å². The molecule has 0 amide bonds. The van der Waals surface area contributed by atoms with E-state index in [-0.39, 0.29) is 5.56 Å². The Balaban J connectivity index is 1.54. The highest BCUT2D eigenvalue weighted by molar-refractivity contribution is 5.52. The summed E-state index contributed by atoms with van der Waals surface area (Å²) in [4.78, 5) is 16.2. The van der Waals surface area contributed by atoms with E-state index < -0.39 is 0 Å². The van der Waals surface area contributed by atoms with Crippen LogP contribution in [0.15, 0.2) is 27.6 Å². The van der Waals surface area contributed by atoms with Crippen molar-refractivity contribution in [2.24, 2.45) is 24.8 Å². The molecular weight excluding hydrogens is 266 g/mol. The Labute approximate surface area is 123 Å². The lowest BCUT2D eigenvalue weighted by Crippen LogP contribution is -2.14. The van der Waals surface area contributed by atoms with Gasteiger partial charge >= 0.3 is 0 Å². The van der Waals surface area contributed by atoms with Crippen LogP contribution in [0, 0.1) is 17.8 Å². The lowest BCUT2D eigenvalue weighted by Gasteiger charge is -2.11. The zero-order chi connectivity index (χ0) is 14.4. The molecular formula is C16H19N3O2. The van der Waals surface area contributed by atoms with Crippen molar-refractivity contribution in [1.29, 1.82) is 0 Å². The molecule has 0 bridgehead atoms. The lowest BCUT2D eigenvalue weighted by molar-refractivity contribution is 0.319. The van der Waals surface area contributed by atoms with Crippen molar-refractivity contribution in [2.45, 2.75) is 32.1 Å². The van der Waals surface area contributed by atoms with Crippen molar-refractivity contribution in [1.82, 2.24) is 14.7 Å². The first-order valence-electron chi connectivity index (χ1n) is 7.70. The van der Waals surface area contributed by atoms with Gasteiger partial charge in [-0.2, -0.15) is 4.98 Å². The van der Waals surface area contributed by atoms with E-state index in [1.54, 1.807) is 19.3 Å². The lowest BCUT2D eigenvalue weighted by atomic mass is 9.94. The quantitative estimate of drug-likeness (QED) is 0.846. The first-order valence-corrected chi connectivity index (χ1v) is 7.70. The summed E-state index contributed by atoms with van der Waals surface area (Å²) in [5, 5.41) is 4.04. The normalized spacial score (nSPS) is 18.4. The SMILES string of the molecule is Cn1ccc(-c2noc(CC(C3CC3)C3CC3)n2)cc1=O. The topological polar surface area (TPSA) is 60.9 Å². The number of aromatic nitrogens is 3. The fourth-order valence-corrected chi connectivity index (χ4v) is 3.11. The highest BCUT2D eigenvalue weighted by Crippen LogP contribution is 2.50. The molecule has 0 spiro atoms. The molecule has 2 aliphatic carbocycles. The van der Waals surface area contributed by atoms with Crippen molar-refractivity contribution < 1.29 is 4.52 Å². The Hall–Kier alpha value is -1.91. The van der Waals surface area contributed by atoms with E-state index in [1.807, 2.05) is 6.07 Å². The van der Waals surface area contributed by atoms with E-state index >= 15 is 0 Å². The summed E-state index contributed by atoms with van der Waals surface area (Å²) in [6.45, 7) is 0. The van der Waals surface area contributed by atoms with Crippen molar-refractivity contribution in [2.75, 3.05) is 0 Å². The summed E-state index contributed by atoms with van der Waals surface area (Å²) < 4.78 is 6.93. The Morgan fingerprint density at radius 1 is 1.33 bits per heavy atom. The molecule has 0 aliphatic heterocycles. The molecule has 0 atom stereocenters. The Bertz CT molecular complexity index is 698. The molecule has 2 saturated carbocycles. The van der Waals surface area contributed by atoms with Crippen LogP contribution in [-0.2, 0) is 13.5 Å². The van der Waals surface area contributed by atoms with Crippen molar-refractivity contribution in [3.8, 4) is 11.4 Å². The zero-order valence-corrected chi connectivity index (χ0v) is 12.2.